The number of methoxy groups -OCH3 is 1. The molecule has 0 unspecified atom stereocenters. The first-order chi connectivity index (χ1) is 9.47. The van der Waals surface area contributed by atoms with E-state index >= 15 is 0 Å². The largest absolute Gasteiger partial charge is 0.383 e. The van der Waals surface area contributed by atoms with Crippen LogP contribution < -0.4 is 5.73 Å². The molecule has 0 saturated heterocycles. The molecule has 112 valence electrons. The monoisotopic (exact) mass is 318 g/mol. The topological polar surface area (TPSA) is 72.6 Å². The van der Waals surface area contributed by atoms with Gasteiger partial charge in [-0.05, 0) is 17.7 Å². The van der Waals surface area contributed by atoms with E-state index in [9.17, 15) is 8.42 Å². The highest BCUT2D eigenvalue weighted by Crippen LogP contribution is 2.25. The summed E-state index contributed by atoms with van der Waals surface area (Å²) in [6.45, 7) is 4.53. The molecule has 1 aromatic rings. The number of sulfonamides is 1. The van der Waals surface area contributed by atoms with Crippen LogP contribution in [0.15, 0.2) is 35.7 Å². The second-order valence-electron chi connectivity index (χ2n) is 4.11. The molecule has 0 bridgehead atoms. The van der Waals surface area contributed by atoms with Crippen LogP contribution in [0.25, 0.3) is 0 Å². The van der Waals surface area contributed by atoms with Crippen LogP contribution in [-0.2, 0) is 21.3 Å². The van der Waals surface area contributed by atoms with Crippen molar-refractivity contribution in [1.82, 2.24) is 4.31 Å². The standard InChI is InChI=1S/C13H19ClN2O3S/c1-3-6-16(7-8-19-2)20(17,18)13-9-11(10-15)4-5-12(13)14/h3-5,9H,1,6-8,10,15H2,2H3. The van der Waals surface area contributed by atoms with E-state index in [1.54, 1.807) is 12.1 Å². The summed E-state index contributed by atoms with van der Waals surface area (Å²) in [6.07, 6.45) is 1.52. The normalized spacial score (nSPS) is 11.8. The second kappa shape index (κ2) is 7.75. The molecule has 2 N–H and O–H groups in total. The van der Waals surface area contributed by atoms with Crippen LogP contribution in [-0.4, -0.2) is 39.5 Å². The zero-order chi connectivity index (χ0) is 15.2. The van der Waals surface area contributed by atoms with Crippen LogP contribution in [0.2, 0.25) is 5.02 Å². The first-order valence-corrected chi connectivity index (χ1v) is 7.87. The van der Waals surface area contributed by atoms with E-state index in [2.05, 4.69) is 6.58 Å². The number of nitrogens with two attached hydrogens (primary N) is 1. The Bertz CT molecular complexity index is 561. The minimum absolute atomic E-state index is 0.0556. The predicted molar refractivity (Wildman–Crippen MR) is 80.2 cm³/mol. The van der Waals surface area contributed by atoms with Gasteiger partial charge in [0.05, 0.1) is 11.6 Å². The number of halogens is 1. The van der Waals surface area contributed by atoms with E-state index in [1.807, 2.05) is 0 Å². The average molecular weight is 319 g/mol. The third-order valence-electron chi connectivity index (χ3n) is 2.73. The lowest BCUT2D eigenvalue weighted by molar-refractivity contribution is 0.182. The molecule has 7 heteroatoms. The molecule has 0 atom stereocenters. The molecule has 0 heterocycles. The van der Waals surface area contributed by atoms with Gasteiger partial charge in [0.1, 0.15) is 4.90 Å². The Morgan fingerprint density at radius 1 is 1.50 bits per heavy atom. The highest BCUT2D eigenvalue weighted by molar-refractivity contribution is 7.89. The average Bonchev–Trinajstić information content (AvgIpc) is 2.43. The molecule has 1 aromatic carbocycles. The van der Waals surface area contributed by atoms with E-state index in [-0.39, 0.29) is 29.6 Å². The fourth-order valence-electron chi connectivity index (χ4n) is 1.66. The number of benzene rings is 1. The maximum Gasteiger partial charge on any atom is 0.244 e. The molecule has 0 aromatic heterocycles. The minimum Gasteiger partial charge on any atom is -0.383 e. The van der Waals surface area contributed by atoms with Crippen LogP contribution in [0, 0.1) is 0 Å². The quantitative estimate of drug-likeness (QED) is 0.739. The molecule has 0 aliphatic heterocycles. The van der Waals surface area contributed by atoms with Gasteiger partial charge in [-0.25, -0.2) is 8.42 Å². The Hall–Kier alpha value is -0.920. The second-order valence-corrected chi connectivity index (χ2v) is 6.43. The minimum atomic E-state index is -3.70. The smallest absolute Gasteiger partial charge is 0.244 e. The highest BCUT2D eigenvalue weighted by Gasteiger charge is 2.25. The van der Waals surface area contributed by atoms with Gasteiger partial charge in [-0.1, -0.05) is 23.7 Å². The van der Waals surface area contributed by atoms with Crippen LogP contribution in [0.3, 0.4) is 0 Å². The van der Waals surface area contributed by atoms with Crippen LogP contribution in [0.5, 0.6) is 0 Å². The summed E-state index contributed by atoms with van der Waals surface area (Å²) >= 11 is 6.01. The van der Waals surface area contributed by atoms with Gasteiger partial charge in [0.15, 0.2) is 0 Å². The Kier molecular flexibility index (Phi) is 6.64. The van der Waals surface area contributed by atoms with Crippen LogP contribution in [0.4, 0.5) is 0 Å². The van der Waals surface area contributed by atoms with E-state index in [4.69, 9.17) is 22.1 Å². The van der Waals surface area contributed by atoms with Gasteiger partial charge in [-0.15, -0.1) is 6.58 Å². The van der Waals surface area contributed by atoms with Crippen molar-refractivity contribution in [3.05, 3.63) is 41.4 Å². The fraction of sp³-hybridized carbons (Fsp3) is 0.385. The van der Waals surface area contributed by atoms with Gasteiger partial charge in [0.2, 0.25) is 10.0 Å². The molecular formula is C13H19ClN2O3S. The molecule has 5 nitrogen and oxygen atoms in total. The SMILES string of the molecule is C=CCN(CCOC)S(=O)(=O)c1cc(CN)ccc1Cl. The number of ether oxygens (including phenoxy) is 1. The predicted octanol–water partition coefficient (Wildman–Crippen LogP) is 1.62. The fourth-order valence-corrected chi connectivity index (χ4v) is 3.58. The molecule has 0 spiro atoms. The summed E-state index contributed by atoms with van der Waals surface area (Å²) in [5, 5.41) is 0.175. The zero-order valence-electron chi connectivity index (χ0n) is 11.4. The van der Waals surface area contributed by atoms with E-state index in [0.717, 1.165) is 0 Å². The van der Waals surface area contributed by atoms with Crippen molar-refractivity contribution in [3.63, 3.8) is 0 Å². The van der Waals surface area contributed by atoms with Gasteiger partial charge < -0.3 is 10.5 Å². The van der Waals surface area contributed by atoms with E-state index < -0.39 is 10.0 Å². The maximum atomic E-state index is 12.6. The zero-order valence-corrected chi connectivity index (χ0v) is 13.0. The number of hydrogen-bond acceptors (Lipinski definition) is 4. The van der Waals surface area contributed by atoms with Gasteiger partial charge in [0.25, 0.3) is 0 Å². The Labute approximate surface area is 125 Å². The third kappa shape index (κ3) is 4.04. The Morgan fingerprint density at radius 2 is 2.20 bits per heavy atom. The van der Waals surface area contributed by atoms with Gasteiger partial charge in [-0.3, -0.25) is 0 Å². The lowest BCUT2D eigenvalue weighted by atomic mass is 10.2. The molecule has 0 aliphatic carbocycles. The van der Waals surface area contributed by atoms with Crippen molar-refractivity contribution < 1.29 is 13.2 Å². The number of nitrogens with zero attached hydrogens (tertiary/aromatic N) is 1. The number of rotatable bonds is 8. The lowest BCUT2D eigenvalue weighted by Gasteiger charge is -2.21. The summed E-state index contributed by atoms with van der Waals surface area (Å²) in [7, 11) is -2.19. The maximum absolute atomic E-state index is 12.6. The van der Waals surface area contributed by atoms with Crippen molar-refractivity contribution in [2.75, 3.05) is 26.8 Å². The molecule has 0 saturated carbocycles. The van der Waals surface area contributed by atoms with Gasteiger partial charge in [0, 0.05) is 26.7 Å². The van der Waals surface area contributed by atoms with Crippen LogP contribution >= 0.6 is 11.6 Å². The first kappa shape index (κ1) is 17.1. The molecule has 0 aliphatic rings. The summed E-state index contributed by atoms with van der Waals surface area (Å²) in [4.78, 5) is 0.0556. The van der Waals surface area contributed by atoms with Crippen molar-refractivity contribution in [3.8, 4) is 0 Å². The summed E-state index contributed by atoms with van der Waals surface area (Å²) in [5.41, 5.74) is 6.25. The Morgan fingerprint density at radius 3 is 2.75 bits per heavy atom. The molecule has 20 heavy (non-hydrogen) atoms. The summed E-state index contributed by atoms with van der Waals surface area (Å²) < 4.78 is 31.4. The third-order valence-corrected chi connectivity index (χ3v) is 5.07. The van der Waals surface area contributed by atoms with E-state index in [1.165, 1.54) is 23.6 Å². The Balaban J connectivity index is 3.20. The van der Waals surface area contributed by atoms with Gasteiger partial charge >= 0.3 is 0 Å². The van der Waals surface area contributed by atoms with E-state index in [0.29, 0.717) is 12.2 Å². The van der Waals surface area contributed by atoms with Crippen molar-refractivity contribution in [1.29, 1.82) is 0 Å². The lowest BCUT2D eigenvalue weighted by Crippen LogP contribution is -2.34. The van der Waals surface area contributed by atoms with Gasteiger partial charge in [-0.2, -0.15) is 4.31 Å². The highest BCUT2D eigenvalue weighted by atomic mass is 35.5. The molecule has 0 radical (unpaired) electrons. The van der Waals surface area contributed by atoms with Crippen molar-refractivity contribution in [2.45, 2.75) is 11.4 Å². The van der Waals surface area contributed by atoms with Crippen LogP contribution in [0.1, 0.15) is 5.56 Å². The summed E-state index contributed by atoms with van der Waals surface area (Å²) in [6, 6.07) is 4.74. The number of hydrogen-bond donors (Lipinski definition) is 1. The molecule has 1 rings (SSSR count). The summed E-state index contributed by atoms with van der Waals surface area (Å²) in [5.74, 6) is 0. The van der Waals surface area contributed by atoms with Crippen molar-refractivity contribution >= 4 is 21.6 Å². The first-order valence-electron chi connectivity index (χ1n) is 6.05. The molecule has 0 fully saturated rings. The molecular weight excluding hydrogens is 300 g/mol. The molecule has 0 amide bonds. The van der Waals surface area contributed by atoms with Crippen molar-refractivity contribution in [2.24, 2.45) is 5.73 Å².